The molecule has 2 aliphatic heterocycles. The number of phenols is 2. The number of aromatic hydroxyl groups is 2. The van der Waals surface area contributed by atoms with E-state index in [2.05, 4.69) is 0 Å². The van der Waals surface area contributed by atoms with Crippen molar-refractivity contribution in [3.63, 3.8) is 0 Å². The SMILES string of the molecule is O=C1c2ccccc2[Se]2(c3ccccc3C(=O)N2c2cccc(O)c2)N1c1cccc(O)c1. The van der Waals surface area contributed by atoms with Gasteiger partial charge in [0.15, 0.2) is 0 Å². The Morgan fingerprint density at radius 2 is 0.970 bits per heavy atom. The molecule has 0 aromatic heterocycles. The number of amides is 2. The van der Waals surface area contributed by atoms with Crippen LogP contribution in [0.1, 0.15) is 20.7 Å². The molecule has 2 aliphatic rings. The van der Waals surface area contributed by atoms with Crippen LogP contribution in [0.4, 0.5) is 11.4 Å². The zero-order chi connectivity index (χ0) is 22.7. The molecule has 6 rings (SSSR count). The molecule has 0 atom stereocenters. The number of hydrogen-bond donors (Lipinski definition) is 2. The molecular formula is C26H18N2O4Se. The molecular weight excluding hydrogens is 483 g/mol. The van der Waals surface area contributed by atoms with E-state index in [1.54, 1.807) is 68.5 Å². The summed E-state index contributed by atoms with van der Waals surface area (Å²) >= 11 is -3.75. The second-order valence-electron chi connectivity index (χ2n) is 7.78. The first-order valence-corrected chi connectivity index (χ1v) is 13.6. The Hall–Kier alpha value is -4.06. The van der Waals surface area contributed by atoms with E-state index < -0.39 is 13.3 Å². The molecule has 0 fully saturated rings. The first-order valence-electron chi connectivity index (χ1n) is 10.3. The number of nitrogens with zero attached hydrogens (tertiary/aromatic N) is 2. The van der Waals surface area contributed by atoms with Crippen molar-refractivity contribution < 1.29 is 19.8 Å². The molecule has 4 aromatic rings. The minimum absolute atomic E-state index is 0.0323. The van der Waals surface area contributed by atoms with Gasteiger partial charge in [0, 0.05) is 0 Å². The van der Waals surface area contributed by atoms with E-state index in [4.69, 9.17) is 0 Å². The summed E-state index contributed by atoms with van der Waals surface area (Å²) in [4.78, 5) is 27.9. The summed E-state index contributed by atoms with van der Waals surface area (Å²) in [5, 5.41) is 20.5. The van der Waals surface area contributed by atoms with Gasteiger partial charge in [-0.3, -0.25) is 0 Å². The van der Waals surface area contributed by atoms with Crippen molar-refractivity contribution >= 4 is 45.4 Å². The summed E-state index contributed by atoms with van der Waals surface area (Å²) < 4.78 is 5.05. The van der Waals surface area contributed by atoms with Crippen LogP contribution in [0.5, 0.6) is 11.5 Å². The van der Waals surface area contributed by atoms with E-state index in [0.717, 1.165) is 8.92 Å². The zero-order valence-corrected chi connectivity index (χ0v) is 19.0. The van der Waals surface area contributed by atoms with Gasteiger partial charge in [-0.25, -0.2) is 0 Å². The molecule has 0 unspecified atom stereocenters. The number of rotatable bonds is 2. The van der Waals surface area contributed by atoms with Gasteiger partial charge in [0.25, 0.3) is 0 Å². The average Bonchev–Trinajstić information content (AvgIpc) is 3.23. The van der Waals surface area contributed by atoms with Crippen LogP contribution >= 0.6 is 0 Å². The molecule has 4 aromatic carbocycles. The van der Waals surface area contributed by atoms with Crippen LogP contribution < -0.4 is 16.8 Å². The van der Waals surface area contributed by atoms with E-state index in [-0.39, 0.29) is 23.3 Å². The Kier molecular flexibility index (Phi) is 4.14. The van der Waals surface area contributed by atoms with Crippen LogP contribution in [0.3, 0.4) is 0 Å². The number of hydrogen-bond acceptors (Lipinski definition) is 4. The molecule has 33 heavy (non-hydrogen) atoms. The van der Waals surface area contributed by atoms with Crippen molar-refractivity contribution in [2.75, 3.05) is 7.83 Å². The third-order valence-electron chi connectivity index (χ3n) is 5.87. The van der Waals surface area contributed by atoms with Crippen molar-refractivity contribution in [2.45, 2.75) is 0 Å². The summed E-state index contributed by atoms with van der Waals surface area (Å²) in [5.41, 5.74) is 2.11. The van der Waals surface area contributed by atoms with E-state index in [1.807, 2.05) is 36.4 Å². The van der Waals surface area contributed by atoms with Crippen LogP contribution in [0.25, 0.3) is 0 Å². The summed E-state index contributed by atoms with van der Waals surface area (Å²) in [6.07, 6.45) is 0. The monoisotopic (exact) mass is 502 g/mol. The molecule has 2 amide bonds. The van der Waals surface area contributed by atoms with Gasteiger partial charge in [0.05, 0.1) is 0 Å². The second-order valence-corrected chi connectivity index (χ2v) is 13.5. The molecule has 2 N–H and O–H groups in total. The van der Waals surface area contributed by atoms with Crippen molar-refractivity contribution in [3.8, 4) is 11.5 Å². The molecule has 2 heterocycles. The van der Waals surface area contributed by atoms with E-state index in [1.165, 1.54) is 0 Å². The van der Waals surface area contributed by atoms with Crippen molar-refractivity contribution in [2.24, 2.45) is 0 Å². The molecule has 1 spiro atoms. The van der Waals surface area contributed by atoms with Crippen LogP contribution in [-0.4, -0.2) is 35.3 Å². The van der Waals surface area contributed by atoms with E-state index >= 15 is 0 Å². The summed E-state index contributed by atoms with van der Waals surface area (Å²) in [5.74, 6) is -0.369. The maximum atomic E-state index is 13.9. The predicted molar refractivity (Wildman–Crippen MR) is 128 cm³/mol. The van der Waals surface area contributed by atoms with Gasteiger partial charge in [0.1, 0.15) is 0 Å². The minimum atomic E-state index is -3.75. The maximum absolute atomic E-state index is 13.9. The molecule has 7 heteroatoms. The third-order valence-corrected chi connectivity index (χ3v) is 13.7. The standard InChI is InChI=1S/C26H18N2O4Se/c29-19-9-5-7-17(15-19)27-25(31)21-11-1-3-13-23(21)33(27)24-14-4-2-12-22(24)26(32)28(33)18-8-6-10-20(30)16-18/h1-16,29-30H. The fraction of sp³-hybridized carbons (Fsp3) is 0. The van der Waals surface area contributed by atoms with Crippen LogP contribution in [0.15, 0.2) is 97.1 Å². The normalized spacial score (nSPS) is 16.7. The van der Waals surface area contributed by atoms with Crippen molar-refractivity contribution in [1.82, 2.24) is 0 Å². The fourth-order valence-corrected chi connectivity index (χ4v) is 13.3. The molecule has 0 bridgehead atoms. The van der Waals surface area contributed by atoms with Gasteiger partial charge in [0.2, 0.25) is 0 Å². The Labute approximate surface area is 192 Å². The Morgan fingerprint density at radius 3 is 1.39 bits per heavy atom. The Bertz CT molecular complexity index is 1360. The summed E-state index contributed by atoms with van der Waals surface area (Å²) in [6.45, 7) is 0. The molecule has 6 nitrogen and oxygen atoms in total. The predicted octanol–water partition coefficient (Wildman–Crippen LogP) is 2.98. The number of phenolic OH excluding ortho intramolecular Hbond substituents is 2. The van der Waals surface area contributed by atoms with Crippen LogP contribution in [-0.2, 0) is 0 Å². The zero-order valence-electron chi connectivity index (χ0n) is 17.3. The Balaban J connectivity index is 1.76. The number of carbonyl (C=O) groups is 2. The van der Waals surface area contributed by atoms with Crippen molar-refractivity contribution in [3.05, 3.63) is 108 Å². The van der Waals surface area contributed by atoms with E-state index in [9.17, 15) is 19.8 Å². The summed E-state index contributed by atoms with van der Waals surface area (Å²) in [6, 6.07) is 27.9. The topological polar surface area (TPSA) is 81.1 Å². The van der Waals surface area contributed by atoms with Crippen LogP contribution in [0, 0.1) is 0 Å². The molecule has 0 saturated heterocycles. The Morgan fingerprint density at radius 1 is 0.545 bits per heavy atom. The number of fused-ring (bicyclic) bond motifs is 4. The first-order chi connectivity index (χ1) is 16.0. The molecule has 162 valence electrons. The van der Waals surface area contributed by atoms with Gasteiger partial charge in [-0.2, -0.15) is 0 Å². The number of anilines is 2. The fourth-order valence-electron chi connectivity index (χ4n) is 4.61. The van der Waals surface area contributed by atoms with Gasteiger partial charge in [-0.15, -0.1) is 0 Å². The second kappa shape index (κ2) is 6.97. The molecule has 0 saturated carbocycles. The first kappa shape index (κ1) is 19.6. The van der Waals surface area contributed by atoms with Gasteiger partial charge in [-0.05, 0) is 0 Å². The molecule has 0 radical (unpaired) electrons. The third kappa shape index (κ3) is 2.55. The molecule has 0 aliphatic carbocycles. The average molecular weight is 501 g/mol. The van der Waals surface area contributed by atoms with Gasteiger partial charge >= 0.3 is 193 Å². The van der Waals surface area contributed by atoms with E-state index in [0.29, 0.717) is 22.5 Å². The van der Waals surface area contributed by atoms with Crippen molar-refractivity contribution in [1.29, 1.82) is 0 Å². The number of benzene rings is 4. The number of carbonyl (C=O) groups excluding carboxylic acids is 2. The summed E-state index contributed by atoms with van der Waals surface area (Å²) in [7, 11) is 0. The van der Waals surface area contributed by atoms with Gasteiger partial charge < -0.3 is 0 Å². The quantitative estimate of drug-likeness (QED) is 0.414. The van der Waals surface area contributed by atoms with Gasteiger partial charge in [-0.1, -0.05) is 0 Å². The van der Waals surface area contributed by atoms with Crippen LogP contribution in [0.2, 0.25) is 0 Å².